The van der Waals surface area contributed by atoms with Gasteiger partial charge in [0.25, 0.3) is 0 Å². The number of allylic oxidation sites excluding steroid dienone is 2. The van der Waals surface area contributed by atoms with E-state index in [1.165, 1.54) is 11.8 Å². The van der Waals surface area contributed by atoms with E-state index in [2.05, 4.69) is 0 Å². The number of aromatic nitrogens is 1. The monoisotopic (exact) mass is 365 g/mol. The second-order valence-electron chi connectivity index (χ2n) is 6.64. The summed E-state index contributed by atoms with van der Waals surface area (Å²) in [5, 5.41) is 12.1. The molecule has 1 saturated heterocycles. The number of hydrogen-bond donors (Lipinski definition) is 0. The number of rotatable bonds is 1. The summed E-state index contributed by atoms with van der Waals surface area (Å²) in [6.07, 6.45) is 6.95. The van der Waals surface area contributed by atoms with Gasteiger partial charge in [0.15, 0.2) is 0 Å². The van der Waals surface area contributed by atoms with Crippen molar-refractivity contribution >= 4 is 19.6 Å². The zero-order valence-electron chi connectivity index (χ0n) is 12.6. The van der Waals surface area contributed by atoms with Crippen LogP contribution in [0.3, 0.4) is 0 Å². The standard InChI is InChI=1S/C17H19NO3Se/c1-10(19)12-4-5-14-15-3-2-11-8-18(20)7-6-13(11)17(15)22(21)9-16(12)14/h6-8,14-15,17H,2-5,9H2,1H3/t14-,15-,17+,22?/m0/s1. The fourth-order valence-corrected chi connectivity index (χ4v) is 9.05. The van der Waals surface area contributed by atoms with Crippen molar-refractivity contribution in [2.45, 2.75) is 42.7 Å². The van der Waals surface area contributed by atoms with Gasteiger partial charge in [-0.1, -0.05) is 0 Å². The Kier molecular flexibility index (Phi) is 3.31. The second-order valence-corrected chi connectivity index (χ2v) is 9.91. The summed E-state index contributed by atoms with van der Waals surface area (Å²) < 4.78 is 13.8. The van der Waals surface area contributed by atoms with Gasteiger partial charge in [-0.2, -0.15) is 0 Å². The summed E-state index contributed by atoms with van der Waals surface area (Å²) in [5.41, 5.74) is 4.38. The number of fused-ring (bicyclic) bond motifs is 5. The third kappa shape index (κ3) is 2.03. The zero-order chi connectivity index (χ0) is 15.4. The van der Waals surface area contributed by atoms with Gasteiger partial charge in [-0.15, -0.1) is 0 Å². The van der Waals surface area contributed by atoms with Crippen LogP contribution in [0, 0.1) is 17.0 Å². The van der Waals surface area contributed by atoms with Gasteiger partial charge in [0.2, 0.25) is 0 Å². The third-order valence-electron chi connectivity index (χ3n) is 5.56. The van der Waals surface area contributed by atoms with Gasteiger partial charge in [0, 0.05) is 0 Å². The van der Waals surface area contributed by atoms with Gasteiger partial charge in [-0.3, -0.25) is 0 Å². The van der Waals surface area contributed by atoms with Crippen molar-refractivity contribution in [3.05, 3.63) is 45.9 Å². The molecule has 1 fully saturated rings. The predicted molar refractivity (Wildman–Crippen MR) is 81.6 cm³/mol. The molecule has 0 radical (unpaired) electrons. The van der Waals surface area contributed by atoms with Crippen LogP contribution in [0.1, 0.15) is 42.1 Å². The predicted octanol–water partition coefficient (Wildman–Crippen LogP) is 2.24. The molecular weight excluding hydrogens is 345 g/mol. The van der Waals surface area contributed by atoms with Crippen LogP contribution in [0.4, 0.5) is 0 Å². The normalized spacial score (nSPS) is 33.1. The van der Waals surface area contributed by atoms with Crippen LogP contribution in [-0.2, 0) is 15.1 Å². The van der Waals surface area contributed by atoms with Crippen LogP contribution in [0.2, 0.25) is 5.32 Å². The number of carbonyl (C=O) groups excluding carboxylic acids is 1. The van der Waals surface area contributed by atoms with Gasteiger partial charge < -0.3 is 0 Å². The molecule has 2 heterocycles. The number of ketones is 1. The Bertz CT molecular complexity index is 725. The molecular formula is C17H19NO3Se. The van der Waals surface area contributed by atoms with E-state index >= 15 is 0 Å². The van der Waals surface area contributed by atoms with E-state index < -0.39 is 13.8 Å². The first-order chi connectivity index (χ1) is 10.6. The molecule has 1 aromatic heterocycles. The zero-order valence-corrected chi connectivity index (χ0v) is 14.3. The minimum atomic E-state index is -2.06. The molecule has 4 nitrogen and oxygen atoms in total. The molecule has 0 aromatic carbocycles. The van der Waals surface area contributed by atoms with Crippen molar-refractivity contribution in [1.82, 2.24) is 0 Å². The van der Waals surface area contributed by atoms with E-state index in [1.807, 2.05) is 6.07 Å². The molecule has 116 valence electrons. The van der Waals surface area contributed by atoms with Crippen LogP contribution < -0.4 is 4.73 Å². The SMILES string of the molecule is CC(=O)C1=C2C[Se](=O)[C@@H]3c4cc[n+]([O-])cc4CC[C@H]3[C@@H]2CC1. The molecule has 1 aliphatic heterocycles. The molecule has 4 atom stereocenters. The molecule has 0 spiro atoms. The van der Waals surface area contributed by atoms with Crippen LogP contribution in [-0.4, -0.2) is 19.6 Å². The van der Waals surface area contributed by atoms with Crippen LogP contribution in [0.5, 0.6) is 0 Å². The summed E-state index contributed by atoms with van der Waals surface area (Å²) in [5.74, 6) is 1.00. The quantitative estimate of drug-likeness (QED) is 0.436. The number of carbonyl (C=O) groups is 1. The molecule has 0 amide bonds. The van der Waals surface area contributed by atoms with E-state index in [9.17, 15) is 13.8 Å². The molecule has 4 rings (SSSR count). The molecule has 0 bridgehead atoms. The third-order valence-corrected chi connectivity index (χ3v) is 9.26. The first kappa shape index (κ1) is 14.3. The second kappa shape index (κ2) is 5.10. The fourth-order valence-electron chi connectivity index (χ4n) is 4.64. The number of aryl methyl sites for hydroxylation is 1. The summed E-state index contributed by atoms with van der Waals surface area (Å²) >= 11 is -2.06. The summed E-state index contributed by atoms with van der Waals surface area (Å²) in [6.45, 7) is 1.64. The number of pyridine rings is 1. The van der Waals surface area contributed by atoms with Gasteiger partial charge in [-0.25, -0.2) is 0 Å². The Morgan fingerprint density at radius 3 is 2.95 bits per heavy atom. The molecule has 1 unspecified atom stereocenters. The van der Waals surface area contributed by atoms with Crippen molar-refractivity contribution in [1.29, 1.82) is 0 Å². The number of hydrogen-bond acceptors (Lipinski definition) is 3. The van der Waals surface area contributed by atoms with E-state index in [1.54, 1.807) is 13.1 Å². The van der Waals surface area contributed by atoms with E-state index in [0.29, 0.717) is 17.2 Å². The van der Waals surface area contributed by atoms with Crippen molar-refractivity contribution in [2.75, 3.05) is 0 Å². The maximum absolute atomic E-state index is 13.0. The van der Waals surface area contributed by atoms with E-state index in [4.69, 9.17) is 0 Å². The van der Waals surface area contributed by atoms with Gasteiger partial charge in [-0.05, 0) is 0 Å². The Morgan fingerprint density at radius 1 is 1.36 bits per heavy atom. The van der Waals surface area contributed by atoms with Gasteiger partial charge >= 0.3 is 133 Å². The number of nitrogens with zero attached hydrogens (tertiary/aromatic N) is 1. The molecule has 22 heavy (non-hydrogen) atoms. The van der Waals surface area contributed by atoms with Crippen LogP contribution in [0.25, 0.3) is 0 Å². The topological polar surface area (TPSA) is 61.1 Å². The Balaban J connectivity index is 1.78. The van der Waals surface area contributed by atoms with Gasteiger partial charge in [0.05, 0.1) is 0 Å². The Hall–Kier alpha value is -1.32. The summed E-state index contributed by atoms with van der Waals surface area (Å²) in [4.78, 5) is 11.9. The number of Topliss-reactive ketones (excluding diaryl/α,β-unsaturated/α-hetero) is 1. The average Bonchev–Trinajstić information content (AvgIpc) is 2.90. The fraction of sp³-hybridized carbons (Fsp3) is 0.529. The van der Waals surface area contributed by atoms with Crippen LogP contribution in [0.15, 0.2) is 29.6 Å². The van der Waals surface area contributed by atoms with Crippen molar-refractivity contribution in [2.24, 2.45) is 11.8 Å². The average molecular weight is 364 g/mol. The van der Waals surface area contributed by atoms with Crippen molar-refractivity contribution in [3.63, 3.8) is 0 Å². The van der Waals surface area contributed by atoms with Crippen LogP contribution >= 0.6 is 0 Å². The maximum atomic E-state index is 13.0. The molecule has 0 saturated carbocycles. The first-order valence-electron chi connectivity index (χ1n) is 7.88. The molecule has 2 aliphatic carbocycles. The molecule has 3 aliphatic rings. The van der Waals surface area contributed by atoms with E-state index in [-0.39, 0.29) is 10.6 Å². The summed E-state index contributed by atoms with van der Waals surface area (Å²) in [7, 11) is 0. The molecule has 0 N–H and O–H groups in total. The first-order valence-corrected chi connectivity index (χ1v) is 10.8. The Morgan fingerprint density at radius 2 is 2.18 bits per heavy atom. The Labute approximate surface area is 133 Å². The summed E-state index contributed by atoms with van der Waals surface area (Å²) in [6, 6.07) is 1.88. The minimum absolute atomic E-state index is 0.130. The van der Waals surface area contributed by atoms with E-state index in [0.717, 1.165) is 47.1 Å². The molecule has 1 aromatic rings. The van der Waals surface area contributed by atoms with Gasteiger partial charge in [0.1, 0.15) is 0 Å². The van der Waals surface area contributed by atoms with Crippen molar-refractivity contribution < 1.29 is 13.4 Å². The van der Waals surface area contributed by atoms with Crippen molar-refractivity contribution in [3.8, 4) is 0 Å². The molecule has 5 heteroatoms.